The summed E-state index contributed by atoms with van der Waals surface area (Å²) in [6.07, 6.45) is -0.783. The van der Waals surface area contributed by atoms with E-state index in [1.54, 1.807) is 30.3 Å². The zero-order chi connectivity index (χ0) is 18.8. The minimum Gasteiger partial charge on any atom is -0.444 e. The number of hydrogen-bond donors (Lipinski definition) is 1. The van der Waals surface area contributed by atoms with Crippen molar-refractivity contribution in [2.24, 2.45) is 5.73 Å². The van der Waals surface area contributed by atoms with Gasteiger partial charge in [0, 0.05) is 29.5 Å². The molecule has 2 N–H and O–H groups in total. The van der Waals surface area contributed by atoms with E-state index in [1.165, 1.54) is 13.8 Å². The summed E-state index contributed by atoms with van der Waals surface area (Å²) in [6.45, 7) is 2.86. The number of rotatable bonds is 5. The van der Waals surface area contributed by atoms with Crippen LogP contribution in [-0.4, -0.2) is 22.3 Å². The summed E-state index contributed by atoms with van der Waals surface area (Å²) in [7, 11) is 0. The number of amides is 1. The molecular formula is C17H18ClFN2O4. The maximum atomic E-state index is 15.5. The van der Waals surface area contributed by atoms with Gasteiger partial charge in [-0.1, -0.05) is 41.9 Å². The molecule has 0 heterocycles. The van der Waals surface area contributed by atoms with Gasteiger partial charge in [0.15, 0.2) is 0 Å². The van der Waals surface area contributed by atoms with E-state index in [4.69, 9.17) is 22.1 Å². The van der Waals surface area contributed by atoms with Gasteiger partial charge in [-0.3, -0.25) is 10.1 Å². The molecule has 134 valence electrons. The fraction of sp³-hybridized carbons (Fsp3) is 0.353. The number of primary amides is 1. The van der Waals surface area contributed by atoms with Gasteiger partial charge in [-0.15, -0.1) is 0 Å². The van der Waals surface area contributed by atoms with Gasteiger partial charge in [0.2, 0.25) is 5.67 Å². The minimum absolute atomic E-state index is 0.161. The van der Waals surface area contributed by atoms with Crippen LogP contribution < -0.4 is 5.73 Å². The summed E-state index contributed by atoms with van der Waals surface area (Å²) in [5, 5.41) is 11.6. The van der Waals surface area contributed by atoms with E-state index in [9.17, 15) is 14.9 Å². The highest BCUT2D eigenvalue weighted by molar-refractivity contribution is 6.33. The number of benzene rings is 1. The lowest BCUT2D eigenvalue weighted by atomic mass is 9.80. The van der Waals surface area contributed by atoms with Gasteiger partial charge >= 0.3 is 6.09 Å². The predicted molar refractivity (Wildman–Crippen MR) is 92.1 cm³/mol. The van der Waals surface area contributed by atoms with Gasteiger partial charge in [0.05, 0.1) is 4.92 Å². The van der Waals surface area contributed by atoms with E-state index in [2.05, 4.69) is 0 Å². The average Bonchev–Trinajstić information content (AvgIpc) is 2.45. The Morgan fingerprint density at radius 1 is 1.44 bits per heavy atom. The van der Waals surface area contributed by atoms with Gasteiger partial charge in [0.1, 0.15) is 5.60 Å². The molecule has 1 unspecified atom stereocenters. The molecule has 0 fully saturated rings. The van der Waals surface area contributed by atoms with Crippen molar-refractivity contribution in [1.82, 2.24) is 0 Å². The van der Waals surface area contributed by atoms with Crippen molar-refractivity contribution in [2.45, 2.75) is 38.0 Å². The van der Waals surface area contributed by atoms with Crippen LogP contribution in [0.25, 0.3) is 5.57 Å². The van der Waals surface area contributed by atoms with E-state index in [1.807, 2.05) is 0 Å². The van der Waals surface area contributed by atoms with Crippen LogP contribution in [0.2, 0.25) is 0 Å². The van der Waals surface area contributed by atoms with Crippen LogP contribution in [0.15, 0.2) is 47.1 Å². The largest absolute Gasteiger partial charge is 0.444 e. The number of nitro groups is 1. The first-order valence-electron chi connectivity index (χ1n) is 7.52. The number of alkyl halides is 1. The van der Waals surface area contributed by atoms with Crippen LogP contribution in [0.1, 0.15) is 32.3 Å². The lowest BCUT2D eigenvalue weighted by Crippen LogP contribution is -2.42. The van der Waals surface area contributed by atoms with E-state index in [0.717, 1.165) is 6.08 Å². The van der Waals surface area contributed by atoms with E-state index in [-0.39, 0.29) is 5.03 Å². The molecule has 25 heavy (non-hydrogen) atoms. The van der Waals surface area contributed by atoms with Gasteiger partial charge in [-0.2, -0.15) is 0 Å². The summed E-state index contributed by atoms with van der Waals surface area (Å²) in [6, 6.07) is 8.77. The second kappa shape index (κ2) is 6.84. The fourth-order valence-corrected chi connectivity index (χ4v) is 3.36. The lowest BCUT2D eigenvalue weighted by molar-refractivity contribution is -0.442. The van der Waals surface area contributed by atoms with Crippen molar-refractivity contribution in [1.29, 1.82) is 0 Å². The molecule has 1 amide bonds. The highest BCUT2D eigenvalue weighted by Crippen LogP contribution is 2.45. The molecule has 0 bridgehead atoms. The third kappa shape index (κ3) is 4.36. The van der Waals surface area contributed by atoms with Crippen molar-refractivity contribution in [3.05, 3.63) is 62.8 Å². The Kier molecular flexibility index (Phi) is 5.17. The topological polar surface area (TPSA) is 95.5 Å². The van der Waals surface area contributed by atoms with Crippen LogP contribution in [0, 0.1) is 10.1 Å². The highest BCUT2D eigenvalue weighted by atomic mass is 35.5. The van der Waals surface area contributed by atoms with Crippen LogP contribution in [0.4, 0.5) is 9.18 Å². The predicted octanol–water partition coefficient (Wildman–Crippen LogP) is 4.17. The average molecular weight is 369 g/mol. The Labute approximate surface area is 149 Å². The lowest BCUT2D eigenvalue weighted by Gasteiger charge is -2.33. The van der Waals surface area contributed by atoms with Crippen molar-refractivity contribution in [3.8, 4) is 0 Å². The molecule has 0 saturated heterocycles. The highest BCUT2D eigenvalue weighted by Gasteiger charge is 2.50. The number of carbonyl (C=O) groups is 1. The van der Waals surface area contributed by atoms with E-state index >= 15 is 4.39 Å². The Morgan fingerprint density at radius 3 is 2.56 bits per heavy atom. The molecule has 2 rings (SSSR count). The van der Waals surface area contributed by atoms with Crippen molar-refractivity contribution >= 4 is 23.3 Å². The zero-order valence-corrected chi connectivity index (χ0v) is 14.5. The van der Waals surface area contributed by atoms with E-state index < -0.39 is 40.8 Å². The van der Waals surface area contributed by atoms with Gasteiger partial charge in [0.25, 0.3) is 5.70 Å². The number of carbonyl (C=O) groups excluding carboxylic acids is 1. The maximum absolute atomic E-state index is 15.5. The molecule has 1 aromatic rings. The number of nitrogens with zero attached hydrogens (tertiary/aromatic N) is 1. The maximum Gasteiger partial charge on any atom is 0.405 e. The molecule has 1 atom stereocenters. The molecule has 0 radical (unpaired) electrons. The number of hydrogen-bond acceptors (Lipinski definition) is 4. The molecule has 0 saturated carbocycles. The summed E-state index contributed by atoms with van der Waals surface area (Å²) >= 11 is 6.25. The quantitative estimate of drug-likeness (QED) is 0.623. The van der Waals surface area contributed by atoms with Crippen LogP contribution in [0.3, 0.4) is 0 Å². The molecular weight excluding hydrogens is 351 g/mol. The number of nitrogens with two attached hydrogens (primary N) is 1. The summed E-state index contributed by atoms with van der Waals surface area (Å²) in [5.74, 6) is 0. The normalized spacial score (nSPS) is 20.9. The zero-order valence-electron chi connectivity index (χ0n) is 13.8. The Balaban J connectivity index is 2.43. The first-order valence-corrected chi connectivity index (χ1v) is 7.90. The second-order valence-corrected chi connectivity index (χ2v) is 6.93. The molecule has 0 aliphatic heterocycles. The van der Waals surface area contributed by atoms with Gasteiger partial charge in [-0.25, -0.2) is 9.18 Å². The fourth-order valence-electron chi connectivity index (χ4n) is 2.99. The SMILES string of the molecule is CC(C)(CC1(F)CC(Cl)=C(c2ccccc2)C=C1[N+](=O)[O-])OC(N)=O. The molecule has 1 aliphatic carbocycles. The van der Waals surface area contributed by atoms with Gasteiger partial charge in [-0.05, 0) is 19.4 Å². The summed E-state index contributed by atoms with van der Waals surface area (Å²) in [5.41, 5.74) is 1.68. The Hall–Kier alpha value is -2.41. The molecule has 0 spiro atoms. The van der Waals surface area contributed by atoms with E-state index in [0.29, 0.717) is 11.1 Å². The smallest absolute Gasteiger partial charge is 0.405 e. The molecule has 0 aromatic heterocycles. The third-order valence-electron chi connectivity index (χ3n) is 3.83. The molecule has 6 nitrogen and oxygen atoms in total. The molecule has 8 heteroatoms. The third-order valence-corrected chi connectivity index (χ3v) is 4.17. The van der Waals surface area contributed by atoms with Crippen LogP contribution in [0.5, 0.6) is 0 Å². The standard InChI is InChI=1S/C17H18ClFN2O4/c1-16(2,25-15(20)22)10-17(19)9-13(18)12(8-14(17)21(23)24)11-6-4-3-5-7-11/h3-8H,9-10H2,1-2H3,(H2,20,22). The molecule has 1 aromatic carbocycles. The van der Waals surface area contributed by atoms with Crippen molar-refractivity contribution in [2.75, 3.05) is 0 Å². The Bertz CT molecular complexity index is 761. The number of allylic oxidation sites excluding steroid dienone is 4. The number of ether oxygens (including phenoxy) is 1. The monoisotopic (exact) mass is 368 g/mol. The Morgan fingerprint density at radius 2 is 2.04 bits per heavy atom. The first kappa shape index (κ1) is 18.9. The van der Waals surface area contributed by atoms with Crippen molar-refractivity contribution < 1.29 is 18.8 Å². The molecule has 1 aliphatic rings. The van der Waals surface area contributed by atoms with Gasteiger partial charge < -0.3 is 10.5 Å². The number of halogens is 2. The first-order chi connectivity index (χ1) is 11.5. The summed E-state index contributed by atoms with van der Waals surface area (Å²) < 4.78 is 20.4. The minimum atomic E-state index is -2.39. The summed E-state index contributed by atoms with van der Waals surface area (Å²) in [4.78, 5) is 21.7. The van der Waals surface area contributed by atoms with Crippen LogP contribution in [-0.2, 0) is 4.74 Å². The van der Waals surface area contributed by atoms with Crippen LogP contribution >= 0.6 is 11.6 Å². The second-order valence-electron chi connectivity index (χ2n) is 6.47. The van der Waals surface area contributed by atoms with Crippen molar-refractivity contribution in [3.63, 3.8) is 0 Å².